The van der Waals surface area contributed by atoms with Crippen LogP contribution >= 0.6 is 0 Å². The van der Waals surface area contributed by atoms with Crippen molar-refractivity contribution >= 4 is 5.91 Å². The standard InChI is InChI=1S/C12H12F3NO2/c1-2-3-7-11(17)16-18-10-6-4-5-9(8-10)12(13,14)15/h3-8H,2H2,1H3,(H,16,17). The maximum absolute atomic E-state index is 12.4. The Morgan fingerprint density at radius 3 is 2.78 bits per heavy atom. The first-order valence-electron chi connectivity index (χ1n) is 5.24. The van der Waals surface area contributed by atoms with Gasteiger partial charge in [0, 0.05) is 6.08 Å². The number of nitrogens with one attached hydrogen (secondary N) is 1. The SMILES string of the molecule is CCC=CC(=O)NOc1cccc(C(F)(F)F)c1. The third-order valence-electron chi connectivity index (χ3n) is 1.94. The molecular weight excluding hydrogens is 247 g/mol. The molecule has 0 heterocycles. The van der Waals surface area contributed by atoms with E-state index in [-0.39, 0.29) is 5.75 Å². The fraction of sp³-hybridized carbons (Fsp3) is 0.250. The number of carbonyl (C=O) groups is 1. The average Bonchev–Trinajstić information content (AvgIpc) is 2.33. The van der Waals surface area contributed by atoms with Crippen LogP contribution in [0.4, 0.5) is 13.2 Å². The van der Waals surface area contributed by atoms with Crippen molar-refractivity contribution < 1.29 is 22.8 Å². The Kier molecular flexibility index (Phi) is 4.76. The van der Waals surface area contributed by atoms with Gasteiger partial charge in [0.25, 0.3) is 5.91 Å². The second kappa shape index (κ2) is 6.09. The highest BCUT2D eigenvalue weighted by atomic mass is 19.4. The summed E-state index contributed by atoms with van der Waals surface area (Å²) >= 11 is 0. The molecule has 3 nitrogen and oxygen atoms in total. The summed E-state index contributed by atoms with van der Waals surface area (Å²) in [6, 6.07) is 4.25. The number of benzene rings is 1. The highest BCUT2D eigenvalue weighted by Crippen LogP contribution is 2.31. The molecule has 0 aromatic heterocycles. The van der Waals surface area contributed by atoms with Gasteiger partial charge in [-0.25, -0.2) is 0 Å². The van der Waals surface area contributed by atoms with E-state index in [1.54, 1.807) is 6.08 Å². The van der Waals surface area contributed by atoms with Crippen LogP contribution in [0, 0.1) is 0 Å². The Balaban J connectivity index is 2.63. The molecule has 0 saturated carbocycles. The van der Waals surface area contributed by atoms with Crippen LogP contribution in [0.15, 0.2) is 36.4 Å². The van der Waals surface area contributed by atoms with Crippen LogP contribution < -0.4 is 10.3 Å². The van der Waals surface area contributed by atoms with Crippen LogP contribution in [0.25, 0.3) is 0 Å². The minimum absolute atomic E-state index is 0.0805. The van der Waals surface area contributed by atoms with Gasteiger partial charge >= 0.3 is 6.18 Å². The lowest BCUT2D eigenvalue weighted by Gasteiger charge is -2.09. The smallest absolute Gasteiger partial charge is 0.379 e. The highest BCUT2D eigenvalue weighted by molar-refractivity contribution is 5.86. The average molecular weight is 259 g/mol. The Morgan fingerprint density at radius 2 is 2.17 bits per heavy atom. The normalized spacial score (nSPS) is 11.6. The number of amides is 1. The van der Waals surface area contributed by atoms with Crippen molar-refractivity contribution in [2.24, 2.45) is 0 Å². The maximum Gasteiger partial charge on any atom is 0.416 e. The molecule has 1 rings (SSSR count). The lowest BCUT2D eigenvalue weighted by molar-refractivity contribution is -0.137. The number of carbonyl (C=O) groups excluding carboxylic acids is 1. The Labute approximate surface area is 102 Å². The number of allylic oxidation sites excluding steroid dienone is 1. The second-order valence-electron chi connectivity index (χ2n) is 3.40. The molecule has 0 spiro atoms. The van der Waals surface area contributed by atoms with E-state index in [4.69, 9.17) is 4.84 Å². The van der Waals surface area contributed by atoms with E-state index in [9.17, 15) is 18.0 Å². The fourth-order valence-corrected chi connectivity index (χ4v) is 1.10. The second-order valence-corrected chi connectivity index (χ2v) is 3.40. The van der Waals surface area contributed by atoms with Crippen LogP contribution in [0.5, 0.6) is 5.75 Å². The third kappa shape index (κ3) is 4.48. The molecule has 0 saturated heterocycles. The minimum atomic E-state index is -4.44. The first-order chi connectivity index (χ1) is 8.43. The topological polar surface area (TPSA) is 38.3 Å². The number of hydroxylamine groups is 1. The lowest BCUT2D eigenvalue weighted by atomic mass is 10.2. The summed E-state index contributed by atoms with van der Waals surface area (Å²) in [6.07, 6.45) is -0.916. The molecule has 0 atom stereocenters. The van der Waals surface area contributed by atoms with Gasteiger partial charge in [-0.2, -0.15) is 18.7 Å². The monoisotopic (exact) mass is 259 g/mol. The Hall–Kier alpha value is -1.98. The van der Waals surface area contributed by atoms with E-state index in [1.807, 2.05) is 12.4 Å². The Morgan fingerprint density at radius 1 is 1.44 bits per heavy atom. The predicted octanol–water partition coefficient (Wildman–Crippen LogP) is 3.08. The van der Waals surface area contributed by atoms with Gasteiger partial charge < -0.3 is 4.84 Å². The van der Waals surface area contributed by atoms with E-state index in [1.165, 1.54) is 18.2 Å². The Bertz CT molecular complexity index is 441. The van der Waals surface area contributed by atoms with Crippen molar-refractivity contribution in [3.8, 4) is 5.75 Å². The molecule has 0 unspecified atom stereocenters. The molecule has 18 heavy (non-hydrogen) atoms. The molecule has 1 aromatic carbocycles. The summed E-state index contributed by atoms with van der Waals surface area (Å²) in [5.74, 6) is -0.614. The number of hydrogen-bond donors (Lipinski definition) is 1. The summed E-state index contributed by atoms with van der Waals surface area (Å²) in [5, 5.41) is 0. The predicted molar refractivity (Wildman–Crippen MR) is 59.6 cm³/mol. The molecule has 1 N–H and O–H groups in total. The molecule has 0 aliphatic carbocycles. The van der Waals surface area contributed by atoms with Gasteiger partial charge in [-0.05, 0) is 24.6 Å². The molecule has 1 aromatic rings. The molecule has 1 amide bonds. The summed E-state index contributed by atoms with van der Waals surface area (Å²) in [6.45, 7) is 1.84. The summed E-state index contributed by atoms with van der Waals surface area (Å²) in [5.41, 5.74) is 1.18. The summed E-state index contributed by atoms with van der Waals surface area (Å²) in [7, 11) is 0. The number of halogens is 3. The van der Waals surface area contributed by atoms with Gasteiger partial charge in [0.15, 0.2) is 5.75 Å². The van der Waals surface area contributed by atoms with Crippen LogP contribution in [-0.2, 0) is 11.0 Å². The maximum atomic E-state index is 12.4. The zero-order valence-electron chi connectivity index (χ0n) is 9.62. The summed E-state index contributed by atoms with van der Waals surface area (Å²) in [4.78, 5) is 15.9. The van der Waals surface area contributed by atoms with Gasteiger partial charge in [-0.1, -0.05) is 19.1 Å². The molecule has 6 heteroatoms. The highest BCUT2D eigenvalue weighted by Gasteiger charge is 2.30. The third-order valence-corrected chi connectivity index (χ3v) is 1.94. The van der Waals surface area contributed by atoms with Crippen LogP contribution in [0.2, 0.25) is 0 Å². The molecule has 0 aliphatic heterocycles. The van der Waals surface area contributed by atoms with Gasteiger partial charge in [0.05, 0.1) is 5.56 Å². The molecular formula is C12H12F3NO2. The van der Waals surface area contributed by atoms with Crippen molar-refractivity contribution in [3.63, 3.8) is 0 Å². The van der Waals surface area contributed by atoms with Gasteiger partial charge in [-0.3, -0.25) is 4.79 Å². The van der Waals surface area contributed by atoms with E-state index in [2.05, 4.69) is 0 Å². The first-order valence-corrected chi connectivity index (χ1v) is 5.24. The van der Waals surface area contributed by atoms with E-state index < -0.39 is 17.6 Å². The van der Waals surface area contributed by atoms with Gasteiger partial charge in [0.2, 0.25) is 0 Å². The van der Waals surface area contributed by atoms with Crippen molar-refractivity contribution in [3.05, 3.63) is 42.0 Å². The molecule has 98 valence electrons. The number of hydrogen-bond acceptors (Lipinski definition) is 2. The minimum Gasteiger partial charge on any atom is -0.379 e. The van der Waals surface area contributed by atoms with Crippen molar-refractivity contribution in [2.75, 3.05) is 0 Å². The van der Waals surface area contributed by atoms with Crippen LogP contribution in [0.3, 0.4) is 0 Å². The van der Waals surface area contributed by atoms with Crippen molar-refractivity contribution in [1.29, 1.82) is 0 Å². The van der Waals surface area contributed by atoms with E-state index in [0.29, 0.717) is 6.42 Å². The van der Waals surface area contributed by atoms with Gasteiger partial charge in [0.1, 0.15) is 0 Å². The van der Waals surface area contributed by atoms with E-state index >= 15 is 0 Å². The first kappa shape index (κ1) is 14.1. The number of rotatable bonds is 4. The van der Waals surface area contributed by atoms with Crippen LogP contribution in [0.1, 0.15) is 18.9 Å². The fourth-order valence-electron chi connectivity index (χ4n) is 1.10. The van der Waals surface area contributed by atoms with E-state index in [0.717, 1.165) is 12.1 Å². The molecule has 0 aliphatic rings. The quantitative estimate of drug-likeness (QED) is 0.666. The zero-order chi connectivity index (χ0) is 13.6. The van der Waals surface area contributed by atoms with Crippen molar-refractivity contribution in [1.82, 2.24) is 5.48 Å². The lowest BCUT2D eigenvalue weighted by Crippen LogP contribution is -2.25. The van der Waals surface area contributed by atoms with Gasteiger partial charge in [-0.15, -0.1) is 0 Å². The molecule has 0 radical (unpaired) electrons. The largest absolute Gasteiger partial charge is 0.416 e. The molecule has 0 fully saturated rings. The summed E-state index contributed by atoms with van der Waals surface area (Å²) < 4.78 is 37.1. The van der Waals surface area contributed by atoms with Crippen LogP contribution in [-0.4, -0.2) is 5.91 Å². The van der Waals surface area contributed by atoms with Crippen molar-refractivity contribution in [2.45, 2.75) is 19.5 Å². The zero-order valence-corrected chi connectivity index (χ0v) is 9.62. The number of alkyl halides is 3. The molecule has 0 bridgehead atoms.